The molecule has 0 bridgehead atoms. The Hall–Kier alpha value is -0.170. The van der Waals surface area contributed by atoms with E-state index in [-0.39, 0.29) is 0 Å². The molecule has 0 spiro atoms. The molecule has 0 aromatic heterocycles. The molecule has 0 unspecified atom stereocenters. The monoisotopic (exact) mass is 173 g/mol. The first kappa shape index (κ1) is 8.92. The van der Waals surface area contributed by atoms with Crippen molar-refractivity contribution in [2.24, 2.45) is 5.41 Å². The number of nitrogens with zero attached hydrogens (tertiary/aromatic N) is 1. The van der Waals surface area contributed by atoms with Crippen LogP contribution in [0.1, 0.15) is 27.7 Å². The molecule has 64 valence electrons. The third-order valence-corrected chi connectivity index (χ3v) is 2.43. The lowest BCUT2D eigenvalue weighted by Crippen LogP contribution is -2.50. The van der Waals surface area contributed by atoms with E-state index in [9.17, 15) is 0 Å². The molecule has 0 aromatic carbocycles. The molecule has 1 saturated heterocycles. The molecule has 0 saturated carbocycles. The summed E-state index contributed by atoms with van der Waals surface area (Å²) in [5, 5.41) is 0.947. The molecule has 1 heterocycles. The van der Waals surface area contributed by atoms with Crippen LogP contribution in [0, 0.1) is 5.41 Å². The number of halogens is 1. The third kappa shape index (κ3) is 1.39. The van der Waals surface area contributed by atoms with Crippen LogP contribution in [0.4, 0.5) is 0 Å². The molecule has 0 atom stereocenters. The van der Waals surface area contributed by atoms with Gasteiger partial charge >= 0.3 is 0 Å². The van der Waals surface area contributed by atoms with Crippen LogP contribution in [0.15, 0.2) is 10.7 Å². The largest absolute Gasteiger partial charge is 0.373 e. The maximum atomic E-state index is 5.98. The van der Waals surface area contributed by atoms with Gasteiger partial charge in [0, 0.05) is 29.2 Å². The van der Waals surface area contributed by atoms with Gasteiger partial charge in [-0.3, -0.25) is 0 Å². The summed E-state index contributed by atoms with van der Waals surface area (Å²) in [4.78, 5) is 2.32. The Labute approximate surface area is 74.0 Å². The predicted octanol–water partition coefficient (Wildman–Crippen LogP) is 2.82. The van der Waals surface area contributed by atoms with E-state index in [1.807, 2.05) is 6.92 Å². The van der Waals surface area contributed by atoms with Crippen molar-refractivity contribution in [1.82, 2.24) is 4.90 Å². The minimum Gasteiger partial charge on any atom is -0.373 e. The van der Waals surface area contributed by atoms with Gasteiger partial charge in [-0.1, -0.05) is 25.4 Å². The van der Waals surface area contributed by atoms with Gasteiger partial charge < -0.3 is 4.90 Å². The maximum absolute atomic E-state index is 5.98. The van der Waals surface area contributed by atoms with Crippen LogP contribution in [0.5, 0.6) is 0 Å². The van der Waals surface area contributed by atoms with Gasteiger partial charge in [-0.25, -0.2) is 0 Å². The molecule has 1 fully saturated rings. The highest BCUT2D eigenvalue weighted by Crippen LogP contribution is 2.42. The SMILES string of the molecule is CCN1CC(C)(C)C1=C(C)Cl. The minimum atomic E-state index is 0.307. The Balaban J connectivity index is 2.81. The lowest BCUT2D eigenvalue weighted by molar-refractivity contribution is 0.111. The summed E-state index contributed by atoms with van der Waals surface area (Å²) in [5.41, 5.74) is 1.63. The van der Waals surface area contributed by atoms with Crippen molar-refractivity contribution < 1.29 is 0 Å². The molecule has 0 aromatic rings. The molecule has 0 amide bonds. The molecule has 0 radical (unpaired) electrons. The maximum Gasteiger partial charge on any atom is 0.0352 e. The van der Waals surface area contributed by atoms with E-state index in [1.54, 1.807) is 0 Å². The average molecular weight is 174 g/mol. The van der Waals surface area contributed by atoms with E-state index in [0.717, 1.165) is 18.1 Å². The normalized spacial score (nSPS) is 26.5. The van der Waals surface area contributed by atoms with Crippen molar-refractivity contribution in [3.05, 3.63) is 10.7 Å². The van der Waals surface area contributed by atoms with Crippen LogP contribution >= 0.6 is 11.6 Å². The van der Waals surface area contributed by atoms with Crippen LogP contribution < -0.4 is 0 Å². The Morgan fingerprint density at radius 3 is 2.36 bits per heavy atom. The van der Waals surface area contributed by atoms with Crippen molar-refractivity contribution in [2.75, 3.05) is 13.1 Å². The summed E-state index contributed by atoms with van der Waals surface area (Å²) in [7, 11) is 0. The zero-order valence-electron chi connectivity index (χ0n) is 7.74. The standard InChI is InChI=1S/C9H16ClN/c1-5-11-6-9(3,4)8(11)7(2)10/h5-6H2,1-4H3. The second-order valence-corrected chi connectivity index (χ2v) is 4.35. The molecule has 1 aliphatic rings. The number of allylic oxidation sites excluding steroid dienone is 1. The molecule has 2 heteroatoms. The summed E-state index contributed by atoms with van der Waals surface area (Å²) in [6.07, 6.45) is 0. The third-order valence-electron chi connectivity index (χ3n) is 2.25. The average Bonchev–Trinajstić information content (AvgIpc) is 1.81. The van der Waals surface area contributed by atoms with Gasteiger partial charge in [-0.2, -0.15) is 0 Å². The molecule has 1 nitrogen and oxygen atoms in total. The number of hydrogen-bond acceptors (Lipinski definition) is 1. The lowest BCUT2D eigenvalue weighted by Gasteiger charge is -2.50. The van der Waals surface area contributed by atoms with Crippen LogP contribution in [0.25, 0.3) is 0 Å². The summed E-state index contributed by atoms with van der Waals surface area (Å²) in [6, 6.07) is 0. The van der Waals surface area contributed by atoms with Gasteiger partial charge in [0.2, 0.25) is 0 Å². The molecule has 1 rings (SSSR count). The van der Waals surface area contributed by atoms with Crippen LogP contribution in [0.3, 0.4) is 0 Å². The summed E-state index contributed by atoms with van der Waals surface area (Å²) < 4.78 is 0. The Morgan fingerprint density at radius 2 is 2.18 bits per heavy atom. The number of hydrogen-bond donors (Lipinski definition) is 0. The number of likely N-dealkylation sites (tertiary alicyclic amines) is 1. The fourth-order valence-corrected chi connectivity index (χ4v) is 2.30. The van der Waals surface area contributed by atoms with E-state index in [0.29, 0.717) is 5.41 Å². The van der Waals surface area contributed by atoms with Crippen molar-refractivity contribution >= 4 is 11.6 Å². The summed E-state index contributed by atoms with van der Waals surface area (Å²) >= 11 is 5.98. The van der Waals surface area contributed by atoms with Crippen molar-refractivity contribution in [2.45, 2.75) is 27.7 Å². The van der Waals surface area contributed by atoms with Crippen LogP contribution in [0.2, 0.25) is 0 Å². The highest BCUT2D eigenvalue weighted by atomic mass is 35.5. The fourth-order valence-electron chi connectivity index (χ4n) is 1.92. The van der Waals surface area contributed by atoms with Crippen molar-refractivity contribution in [3.8, 4) is 0 Å². The minimum absolute atomic E-state index is 0.307. The Bertz CT molecular complexity index is 190. The molecule has 1 aliphatic heterocycles. The quantitative estimate of drug-likeness (QED) is 0.590. The predicted molar refractivity (Wildman–Crippen MR) is 49.6 cm³/mol. The topological polar surface area (TPSA) is 3.24 Å². The van der Waals surface area contributed by atoms with Crippen molar-refractivity contribution in [3.63, 3.8) is 0 Å². The highest BCUT2D eigenvalue weighted by molar-refractivity contribution is 6.29. The van der Waals surface area contributed by atoms with Crippen LogP contribution in [-0.2, 0) is 0 Å². The molecule has 0 N–H and O–H groups in total. The van der Waals surface area contributed by atoms with E-state index in [4.69, 9.17) is 11.6 Å². The first-order valence-electron chi connectivity index (χ1n) is 4.11. The van der Waals surface area contributed by atoms with Crippen molar-refractivity contribution in [1.29, 1.82) is 0 Å². The van der Waals surface area contributed by atoms with Crippen LogP contribution in [-0.4, -0.2) is 18.0 Å². The molecular weight excluding hydrogens is 158 g/mol. The van der Waals surface area contributed by atoms with Gasteiger partial charge in [0.1, 0.15) is 0 Å². The first-order chi connectivity index (χ1) is 4.99. The smallest absolute Gasteiger partial charge is 0.0352 e. The molecule has 11 heavy (non-hydrogen) atoms. The van der Waals surface area contributed by atoms with Gasteiger partial charge in [0.25, 0.3) is 0 Å². The zero-order chi connectivity index (χ0) is 8.65. The zero-order valence-corrected chi connectivity index (χ0v) is 8.50. The Morgan fingerprint density at radius 1 is 1.64 bits per heavy atom. The summed E-state index contributed by atoms with van der Waals surface area (Å²) in [5.74, 6) is 0. The van der Waals surface area contributed by atoms with Gasteiger partial charge in [-0.15, -0.1) is 0 Å². The van der Waals surface area contributed by atoms with Gasteiger partial charge in [0.05, 0.1) is 0 Å². The van der Waals surface area contributed by atoms with Gasteiger partial charge in [-0.05, 0) is 13.8 Å². The first-order valence-corrected chi connectivity index (χ1v) is 4.48. The van der Waals surface area contributed by atoms with E-state index >= 15 is 0 Å². The summed E-state index contributed by atoms with van der Waals surface area (Å²) in [6.45, 7) is 10.8. The molecule has 0 aliphatic carbocycles. The number of rotatable bonds is 1. The highest BCUT2D eigenvalue weighted by Gasteiger charge is 2.39. The van der Waals surface area contributed by atoms with E-state index in [2.05, 4.69) is 25.7 Å². The molecular formula is C9H16ClN. The second kappa shape index (κ2) is 2.71. The van der Waals surface area contributed by atoms with Gasteiger partial charge in [0.15, 0.2) is 0 Å². The second-order valence-electron chi connectivity index (χ2n) is 3.78. The van der Waals surface area contributed by atoms with E-state index < -0.39 is 0 Å². The lowest BCUT2D eigenvalue weighted by atomic mass is 9.79. The Kier molecular flexibility index (Phi) is 2.19. The van der Waals surface area contributed by atoms with E-state index in [1.165, 1.54) is 5.70 Å². The fraction of sp³-hybridized carbons (Fsp3) is 0.778.